The zero-order valence-corrected chi connectivity index (χ0v) is 32.3. The standard InChI is InChI=1S/C27H47N8O17P3/c1-18-15-35(27(41)31-25(18)39)24-14-21(37)22(50-24)17-49-54(44,45)52-55(46,47)51-53(42,43)48-12-5-3-2-4-8-29-23(38)7-6-10-34-16-19(32-33-34)13-20(28)26(40)30-9-11-36/h15-16,20-22,24,36-37H,2-14,17,28H2,1H3,(H,29,38)(H,30,40)(H,42,43)(H,44,45)(H,46,47)(H,31,39,41)/p-3/t20?,21?,22-,24-/m0/s1. The van der Waals surface area contributed by atoms with Gasteiger partial charge in [0.05, 0.1) is 37.7 Å². The zero-order chi connectivity index (χ0) is 40.8. The fourth-order valence-electron chi connectivity index (χ4n) is 4.95. The van der Waals surface area contributed by atoms with Crippen LogP contribution in [-0.2, 0) is 58.7 Å². The lowest BCUT2D eigenvalue weighted by molar-refractivity contribution is -0.251. The number of aliphatic hydroxyl groups is 2. The van der Waals surface area contributed by atoms with E-state index in [2.05, 4.69) is 38.6 Å². The highest BCUT2D eigenvalue weighted by atomic mass is 31.3. The molecular formula is C27H44N8O17P3-3. The molecule has 1 fully saturated rings. The molecule has 2 aromatic heterocycles. The van der Waals surface area contributed by atoms with E-state index in [9.17, 15) is 52.7 Å². The van der Waals surface area contributed by atoms with Crippen molar-refractivity contribution >= 4 is 35.3 Å². The van der Waals surface area contributed by atoms with Crippen LogP contribution in [0, 0.1) is 6.92 Å². The second-order valence-corrected chi connectivity index (χ2v) is 16.7. The van der Waals surface area contributed by atoms with E-state index in [0.29, 0.717) is 44.5 Å². The molecule has 7 atom stereocenters. The Kier molecular flexibility index (Phi) is 18.1. The van der Waals surface area contributed by atoms with Crippen molar-refractivity contribution in [1.29, 1.82) is 0 Å². The van der Waals surface area contributed by atoms with Crippen molar-refractivity contribution in [2.75, 3.05) is 32.9 Å². The van der Waals surface area contributed by atoms with Crippen molar-refractivity contribution in [2.24, 2.45) is 5.73 Å². The summed E-state index contributed by atoms with van der Waals surface area (Å²) in [5.41, 5.74) is 4.94. The normalized spacial score (nSPS) is 21.0. The Bertz CT molecular complexity index is 1840. The second-order valence-electron chi connectivity index (χ2n) is 12.2. The number of amides is 2. The maximum atomic E-state index is 12.1. The number of hydrogen-bond acceptors (Lipinski definition) is 20. The minimum Gasteiger partial charge on any atom is -0.756 e. The number of nitrogens with two attached hydrogens (primary N) is 1. The highest BCUT2D eigenvalue weighted by Crippen LogP contribution is 2.63. The van der Waals surface area contributed by atoms with Gasteiger partial charge in [0, 0.05) is 56.9 Å². The zero-order valence-electron chi connectivity index (χ0n) is 29.6. The van der Waals surface area contributed by atoms with Gasteiger partial charge in [0.15, 0.2) is 0 Å². The van der Waals surface area contributed by atoms with Crippen LogP contribution in [0.1, 0.15) is 62.4 Å². The maximum absolute atomic E-state index is 12.1. The molecule has 3 heterocycles. The lowest BCUT2D eigenvalue weighted by Crippen LogP contribution is -2.43. The Morgan fingerprint density at radius 3 is 2.44 bits per heavy atom. The van der Waals surface area contributed by atoms with Gasteiger partial charge in [0.1, 0.15) is 12.3 Å². The summed E-state index contributed by atoms with van der Waals surface area (Å²) in [6.07, 6.45) is 1.04. The number of hydrogen-bond donors (Lipinski definition) is 6. The van der Waals surface area contributed by atoms with Gasteiger partial charge in [0.25, 0.3) is 29.0 Å². The van der Waals surface area contributed by atoms with Gasteiger partial charge >= 0.3 is 5.69 Å². The lowest BCUT2D eigenvalue weighted by Gasteiger charge is -2.34. The predicted octanol–water partition coefficient (Wildman–Crippen LogP) is -3.31. The fraction of sp³-hybridized carbons (Fsp3) is 0.704. The average Bonchev–Trinajstić information content (AvgIpc) is 3.69. The number of phosphoric ester groups is 2. The summed E-state index contributed by atoms with van der Waals surface area (Å²) in [7, 11) is -17.5. The van der Waals surface area contributed by atoms with Crippen LogP contribution >= 0.6 is 23.5 Å². The highest BCUT2D eigenvalue weighted by molar-refractivity contribution is 7.65. The van der Waals surface area contributed by atoms with E-state index in [4.69, 9.17) is 15.6 Å². The molecule has 0 saturated carbocycles. The first kappa shape index (κ1) is 46.4. The van der Waals surface area contributed by atoms with E-state index in [1.165, 1.54) is 11.6 Å². The molecule has 1 aliphatic rings. The summed E-state index contributed by atoms with van der Waals surface area (Å²) in [6.45, 7) is 0.518. The van der Waals surface area contributed by atoms with Crippen LogP contribution < -0.4 is 42.3 Å². The van der Waals surface area contributed by atoms with E-state index in [0.717, 1.165) is 10.8 Å². The molecule has 55 heavy (non-hydrogen) atoms. The maximum Gasteiger partial charge on any atom is 0.330 e. The number of aromatic nitrogens is 5. The number of nitrogens with zero attached hydrogens (tertiary/aromatic N) is 4. The molecule has 0 aromatic carbocycles. The number of H-pyrrole nitrogens is 1. The Labute approximate surface area is 313 Å². The van der Waals surface area contributed by atoms with Gasteiger partial charge < -0.3 is 55.0 Å². The summed E-state index contributed by atoms with van der Waals surface area (Å²) in [4.78, 5) is 85.7. The largest absolute Gasteiger partial charge is 0.756 e. The number of aliphatic hydroxyl groups excluding tert-OH is 2. The van der Waals surface area contributed by atoms with Crippen molar-refractivity contribution in [3.8, 4) is 0 Å². The molecule has 0 radical (unpaired) electrons. The third-order valence-electron chi connectivity index (χ3n) is 7.65. The summed E-state index contributed by atoms with van der Waals surface area (Å²) >= 11 is 0. The number of ether oxygens (including phenoxy) is 1. The van der Waals surface area contributed by atoms with Crippen LogP contribution in [0.5, 0.6) is 0 Å². The minimum absolute atomic E-state index is 0.0930. The highest BCUT2D eigenvalue weighted by Gasteiger charge is 2.37. The second kappa shape index (κ2) is 21.5. The number of carbonyl (C=O) groups excluding carboxylic acids is 2. The molecule has 0 aliphatic carbocycles. The molecule has 1 saturated heterocycles. The first-order chi connectivity index (χ1) is 25.8. The van der Waals surface area contributed by atoms with Crippen molar-refractivity contribution in [3.05, 3.63) is 44.5 Å². The third kappa shape index (κ3) is 16.6. The predicted molar refractivity (Wildman–Crippen MR) is 180 cm³/mol. The van der Waals surface area contributed by atoms with Gasteiger partial charge in [-0.25, -0.2) is 13.4 Å². The van der Waals surface area contributed by atoms with Crippen LogP contribution in [0.15, 0.2) is 22.0 Å². The van der Waals surface area contributed by atoms with Gasteiger partial charge in [-0.05, 0) is 26.2 Å². The smallest absolute Gasteiger partial charge is 0.330 e. The van der Waals surface area contributed by atoms with E-state index in [-0.39, 0.29) is 50.3 Å². The van der Waals surface area contributed by atoms with Gasteiger partial charge in [-0.2, -0.15) is 0 Å². The molecule has 2 aromatic rings. The molecule has 0 spiro atoms. The van der Waals surface area contributed by atoms with Crippen LogP contribution in [0.3, 0.4) is 0 Å². The van der Waals surface area contributed by atoms with E-state index in [1.54, 1.807) is 6.20 Å². The van der Waals surface area contributed by atoms with E-state index in [1.807, 2.05) is 4.98 Å². The molecule has 5 unspecified atom stereocenters. The monoisotopic (exact) mass is 845 g/mol. The molecule has 25 nitrogen and oxygen atoms in total. The fourth-order valence-corrected chi connectivity index (χ4v) is 8.36. The first-order valence-electron chi connectivity index (χ1n) is 16.9. The summed E-state index contributed by atoms with van der Waals surface area (Å²) in [6, 6.07) is -0.853. The van der Waals surface area contributed by atoms with Crippen molar-refractivity contribution in [2.45, 2.75) is 89.3 Å². The number of aromatic amines is 1. The van der Waals surface area contributed by atoms with Gasteiger partial charge in [-0.3, -0.25) is 42.3 Å². The van der Waals surface area contributed by atoms with Crippen LogP contribution in [-0.4, -0.2) is 97.7 Å². The molecular weight excluding hydrogens is 801 g/mol. The van der Waals surface area contributed by atoms with Gasteiger partial charge in [-0.15, -0.1) is 5.10 Å². The number of aryl methyl sites for hydroxylation is 2. The quantitative estimate of drug-likeness (QED) is 0.0421. The lowest BCUT2D eigenvalue weighted by atomic mass is 10.1. The van der Waals surface area contributed by atoms with E-state index >= 15 is 0 Å². The Morgan fingerprint density at radius 1 is 1.04 bits per heavy atom. The SMILES string of the molecule is Cc1cn([C@@H]2CC(O)[C@H](COP(=O)([O-])OP(=O)([O-])OP(=O)([O-])OCCCCCCNC(=O)CCCn3cc(CC(N)C(=O)NCCO)nn3)O2)c(=O)[nH]c1=O. The van der Waals surface area contributed by atoms with Crippen molar-refractivity contribution in [3.63, 3.8) is 0 Å². The van der Waals surface area contributed by atoms with Crippen molar-refractivity contribution in [1.82, 2.24) is 35.2 Å². The van der Waals surface area contributed by atoms with Crippen LogP contribution in [0.2, 0.25) is 0 Å². The first-order valence-corrected chi connectivity index (χ1v) is 21.3. The molecule has 3 rings (SSSR count). The molecule has 2 amide bonds. The number of unbranched alkanes of at least 4 members (excludes halogenated alkanes) is 3. The number of nitrogens with one attached hydrogen (secondary N) is 3. The van der Waals surface area contributed by atoms with Gasteiger partial charge in [0.2, 0.25) is 11.8 Å². The number of phosphoric acid groups is 3. The Balaban J connectivity index is 1.26. The molecule has 1 aliphatic heterocycles. The molecule has 28 heteroatoms. The molecule has 0 bridgehead atoms. The van der Waals surface area contributed by atoms with Gasteiger partial charge in [-0.1, -0.05) is 18.1 Å². The van der Waals surface area contributed by atoms with Crippen LogP contribution in [0.25, 0.3) is 0 Å². The van der Waals surface area contributed by atoms with E-state index < -0.39 is 78.3 Å². The average molecular weight is 846 g/mol. The molecule has 7 N–H and O–H groups in total. The summed E-state index contributed by atoms with van der Waals surface area (Å²) in [5.74, 6) is -0.631. The number of rotatable bonds is 25. The third-order valence-corrected chi connectivity index (χ3v) is 11.8. The summed E-state index contributed by atoms with van der Waals surface area (Å²) < 4.78 is 60.5. The minimum atomic E-state index is -6.11. The number of carbonyl (C=O) groups is 2. The summed E-state index contributed by atoms with van der Waals surface area (Å²) in [5, 5.41) is 32.1. The van der Waals surface area contributed by atoms with Crippen LogP contribution in [0.4, 0.5) is 0 Å². The Hall–Kier alpha value is -2.99. The Morgan fingerprint density at radius 2 is 1.73 bits per heavy atom. The topological polar surface area (TPSA) is 377 Å². The van der Waals surface area contributed by atoms with Crippen molar-refractivity contribution < 1.29 is 70.6 Å². The molecule has 312 valence electrons.